The maximum absolute atomic E-state index is 12.4. The molecule has 2 rings (SSSR count). The molecule has 0 aromatic rings. The number of nitrogens with one attached hydrogen (secondary N) is 1. The molecule has 0 radical (unpaired) electrons. The Hall–Kier alpha value is -0.650. The van der Waals surface area contributed by atoms with Crippen molar-refractivity contribution in [1.29, 1.82) is 0 Å². The van der Waals surface area contributed by atoms with Crippen LogP contribution in [0.1, 0.15) is 90.4 Å². The molecule has 1 aliphatic carbocycles. The van der Waals surface area contributed by atoms with E-state index in [-0.39, 0.29) is 18.4 Å². The van der Waals surface area contributed by atoms with Gasteiger partial charge in [-0.05, 0) is 19.3 Å². The molecule has 5 heteroatoms. The second-order valence-electron chi connectivity index (χ2n) is 7.68. The minimum Gasteiger partial charge on any atom is -0.391 e. The van der Waals surface area contributed by atoms with Crippen molar-refractivity contribution in [3.63, 3.8) is 0 Å². The molecule has 0 aromatic carbocycles. The van der Waals surface area contributed by atoms with Crippen LogP contribution in [0.15, 0.2) is 0 Å². The van der Waals surface area contributed by atoms with Gasteiger partial charge >= 0.3 is 0 Å². The van der Waals surface area contributed by atoms with Crippen molar-refractivity contribution in [2.45, 2.75) is 108 Å². The van der Waals surface area contributed by atoms with Gasteiger partial charge in [0.2, 0.25) is 5.91 Å². The molecule has 25 heavy (non-hydrogen) atoms. The van der Waals surface area contributed by atoms with Crippen molar-refractivity contribution in [1.82, 2.24) is 5.32 Å². The number of rotatable bonds is 11. The number of carbonyl (C=O) groups excluding carboxylic acids is 1. The standard InChI is InChI=1S/C20H37NO4/c1-2-3-4-5-6-7-10-13-20(24-14-15-25-20)16-19(23)21-17-11-8-9-12-18(17)22/h17-18,22H,2-16H2,1H3,(H,21,23)/t17-,18+/m0/s1. The first-order valence-electron chi connectivity index (χ1n) is 10.4. The number of aliphatic hydroxyl groups excluding tert-OH is 1. The summed E-state index contributed by atoms with van der Waals surface area (Å²) in [7, 11) is 0. The Labute approximate surface area is 152 Å². The van der Waals surface area contributed by atoms with Crippen molar-refractivity contribution < 1.29 is 19.4 Å². The van der Waals surface area contributed by atoms with E-state index >= 15 is 0 Å². The zero-order chi connectivity index (χ0) is 18.0. The third kappa shape index (κ3) is 7.24. The van der Waals surface area contributed by atoms with Crippen LogP contribution in [0.25, 0.3) is 0 Å². The number of unbranched alkanes of at least 4 members (excludes halogenated alkanes) is 6. The molecular weight excluding hydrogens is 318 g/mol. The van der Waals surface area contributed by atoms with Crippen LogP contribution in [0.4, 0.5) is 0 Å². The van der Waals surface area contributed by atoms with Gasteiger partial charge in [-0.15, -0.1) is 0 Å². The highest BCUT2D eigenvalue weighted by molar-refractivity contribution is 5.77. The SMILES string of the molecule is CCCCCCCCCC1(CC(=O)N[C@H]2CCCC[C@H]2O)OCCO1. The fraction of sp³-hybridized carbons (Fsp3) is 0.950. The van der Waals surface area contributed by atoms with Gasteiger partial charge in [0.15, 0.2) is 5.79 Å². The smallest absolute Gasteiger partial charge is 0.225 e. The first kappa shape index (κ1) is 20.7. The summed E-state index contributed by atoms with van der Waals surface area (Å²) >= 11 is 0. The largest absolute Gasteiger partial charge is 0.391 e. The van der Waals surface area contributed by atoms with Crippen molar-refractivity contribution in [3.8, 4) is 0 Å². The zero-order valence-electron chi connectivity index (χ0n) is 15.9. The van der Waals surface area contributed by atoms with Crippen LogP contribution in [0.2, 0.25) is 0 Å². The van der Waals surface area contributed by atoms with Crippen LogP contribution < -0.4 is 5.32 Å². The minimum atomic E-state index is -0.743. The number of hydrogen-bond acceptors (Lipinski definition) is 4. The number of amides is 1. The number of aliphatic hydroxyl groups is 1. The first-order valence-corrected chi connectivity index (χ1v) is 10.4. The molecule has 5 nitrogen and oxygen atoms in total. The second-order valence-corrected chi connectivity index (χ2v) is 7.68. The molecule has 146 valence electrons. The third-order valence-corrected chi connectivity index (χ3v) is 5.48. The quantitative estimate of drug-likeness (QED) is 0.555. The van der Waals surface area contributed by atoms with Gasteiger partial charge in [-0.3, -0.25) is 4.79 Å². The molecule has 2 N–H and O–H groups in total. The van der Waals surface area contributed by atoms with Crippen LogP contribution >= 0.6 is 0 Å². The summed E-state index contributed by atoms with van der Waals surface area (Å²) in [6.07, 6.45) is 13.0. The minimum absolute atomic E-state index is 0.0594. The van der Waals surface area contributed by atoms with Gasteiger partial charge in [0.1, 0.15) is 0 Å². The number of ether oxygens (including phenoxy) is 2. The summed E-state index contributed by atoms with van der Waals surface area (Å²) in [5, 5.41) is 13.0. The van der Waals surface area contributed by atoms with Crippen molar-refractivity contribution in [3.05, 3.63) is 0 Å². The predicted octanol–water partition coefficient (Wildman–Crippen LogP) is 3.68. The zero-order valence-corrected chi connectivity index (χ0v) is 15.9. The lowest BCUT2D eigenvalue weighted by Crippen LogP contribution is -2.47. The number of hydrogen-bond donors (Lipinski definition) is 2. The normalized spacial score (nSPS) is 25.8. The molecule has 0 spiro atoms. The van der Waals surface area contributed by atoms with Gasteiger partial charge in [0.25, 0.3) is 0 Å². The summed E-state index contributed by atoms with van der Waals surface area (Å²) in [5.74, 6) is -0.802. The second kappa shape index (κ2) is 11.1. The van der Waals surface area contributed by atoms with Gasteiger partial charge in [-0.2, -0.15) is 0 Å². The molecule has 2 atom stereocenters. The highest BCUT2D eigenvalue weighted by atomic mass is 16.7. The predicted molar refractivity (Wildman–Crippen MR) is 98.3 cm³/mol. The number of carbonyl (C=O) groups is 1. The lowest BCUT2D eigenvalue weighted by molar-refractivity contribution is -0.175. The summed E-state index contributed by atoms with van der Waals surface area (Å²) < 4.78 is 11.7. The van der Waals surface area contributed by atoms with E-state index in [0.717, 1.165) is 38.5 Å². The summed E-state index contributed by atoms with van der Waals surface area (Å²) in [6, 6.07) is -0.113. The molecule has 1 saturated heterocycles. The van der Waals surface area contributed by atoms with Gasteiger partial charge in [0.05, 0.1) is 31.8 Å². The van der Waals surface area contributed by atoms with Crippen LogP contribution in [-0.4, -0.2) is 42.2 Å². The third-order valence-electron chi connectivity index (χ3n) is 5.48. The van der Waals surface area contributed by atoms with E-state index in [4.69, 9.17) is 9.47 Å². The molecule has 1 heterocycles. The van der Waals surface area contributed by atoms with Crippen LogP contribution in [0, 0.1) is 0 Å². The van der Waals surface area contributed by atoms with E-state index in [1.807, 2.05) is 0 Å². The van der Waals surface area contributed by atoms with Crippen LogP contribution in [-0.2, 0) is 14.3 Å². The Balaban J connectivity index is 1.70. The fourth-order valence-electron chi connectivity index (χ4n) is 3.97. The van der Waals surface area contributed by atoms with E-state index in [1.54, 1.807) is 0 Å². The molecule has 0 bridgehead atoms. The first-order chi connectivity index (χ1) is 12.2. The Morgan fingerprint density at radius 1 is 1.04 bits per heavy atom. The topological polar surface area (TPSA) is 67.8 Å². The lowest BCUT2D eigenvalue weighted by Gasteiger charge is -2.31. The summed E-state index contributed by atoms with van der Waals surface area (Å²) in [5.41, 5.74) is 0. The van der Waals surface area contributed by atoms with Crippen molar-refractivity contribution in [2.75, 3.05) is 13.2 Å². The maximum Gasteiger partial charge on any atom is 0.225 e. The van der Waals surface area contributed by atoms with Crippen molar-refractivity contribution >= 4 is 5.91 Å². The monoisotopic (exact) mass is 355 g/mol. The Morgan fingerprint density at radius 3 is 2.36 bits per heavy atom. The van der Waals surface area contributed by atoms with Crippen molar-refractivity contribution in [2.24, 2.45) is 0 Å². The van der Waals surface area contributed by atoms with E-state index in [9.17, 15) is 9.90 Å². The van der Waals surface area contributed by atoms with Crippen LogP contribution in [0.5, 0.6) is 0 Å². The molecule has 2 aliphatic rings. The van der Waals surface area contributed by atoms with E-state index in [0.29, 0.717) is 13.2 Å². The Morgan fingerprint density at radius 2 is 1.68 bits per heavy atom. The summed E-state index contributed by atoms with van der Waals surface area (Å²) in [6.45, 7) is 3.36. The molecule has 0 unspecified atom stereocenters. The molecule has 2 fully saturated rings. The average molecular weight is 356 g/mol. The summed E-state index contributed by atoms with van der Waals surface area (Å²) in [4.78, 5) is 12.4. The molecule has 1 aliphatic heterocycles. The highest BCUT2D eigenvalue weighted by Gasteiger charge is 2.39. The van der Waals surface area contributed by atoms with Gasteiger partial charge in [0, 0.05) is 6.42 Å². The van der Waals surface area contributed by atoms with Gasteiger partial charge in [-0.1, -0.05) is 58.3 Å². The van der Waals surface area contributed by atoms with E-state index < -0.39 is 11.9 Å². The highest BCUT2D eigenvalue weighted by Crippen LogP contribution is 2.30. The molecule has 0 aromatic heterocycles. The Kier molecular flexibility index (Phi) is 9.21. The van der Waals surface area contributed by atoms with E-state index in [2.05, 4.69) is 12.2 Å². The fourth-order valence-corrected chi connectivity index (χ4v) is 3.97. The average Bonchev–Trinajstić information content (AvgIpc) is 3.04. The van der Waals surface area contributed by atoms with E-state index in [1.165, 1.54) is 38.5 Å². The molecular formula is C20H37NO4. The molecule has 1 saturated carbocycles. The lowest BCUT2D eigenvalue weighted by atomic mass is 9.92. The van der Waals surface area contributed by atoms with Crippen LogP contribution in [0.3, 0.4) is 0 Å². The van der Waals surface area contributed by atoms with Gasteiger partial charge in [-0.25, -0.2) is 0 Å². The molecule has 1 amide bonds. The Bertz CT molecular complexity index is 382. The van der Waals surface area contributed by atoms with Gasteiger partial charge < -0.3 is 19.9 Å². The maximum atomic E-state index is 12.4.